The Morgan fingerprint density at radius 2 is 2.33 bits per heavy atom. The molecular formula is C9H18BrNO3S. The smallest absolute Gasteiger partial charge is 0.214 e. The predicted molar refractivity (Wildman–Crippen MR) is 63.8 cm³/mol. The van der Waals surface area contributed by atoms with Crippen molar-refractivity contribution in [1.82, 2.24) is 4.72 Å². The second-order valence-corrected chi connectivity index (χ2v) is 6.50. The van der Waals surface area contributed by atoms with Crippen molar-refractivity contribution in [1.29, 1.82) is 0 Å². The lowest BCUT2D eigenvalue weighted by Gasteiger charge is -2.15. The van der Waals surface area contributed by atoms with Crippen LogP contribution in [-0.2, 0) is 14.8 Å². The Bertz CT molecular complexity index is 275. The molecular weight excluding hydrogens is 282 g/mol. The van der Waals surface area contributed by atoms with Crippen LogP contribution in [-0.4, -0.2) is 38.3 Å². The van der Waals surface area contributed by atoms with Gasteiger partial charge in [-0.05, 0) is 26.2 Å². The van der Waals surface area contributed by atoms with Crippen LogP contribution in [0.2, 0.25) is 0 Å². The second-order valence-electron chi connectivity index (χ2n) is 3.91. The standard InChI is InChI=1S/C9H18BrNO3S/c1-8(4-5-10)11-15(12,13)7-9-3-2-6-14-9/h8-9,11H,2-7H2,1H3. The number of hydrogen-bond acceptors (Lipinski definition) is 3. The minimum Gasteiger partial charge on any atom is -0.377 e. The summed E-state index contributed by atoms with van der Waals surface area (Å²) in [7, 11) is -3.18. The third-order valence-electron chi connectivity index (χ3n) is 2.35. The zero-order chi connectivity index (χ0) is 11.3. The van der Waals surface area contributed by atoms with Gasteiger partial charge in [-0.2, -0.15) is 0 Å². The van der Waals surface area contributed by atoms with Gasteiger partial charge in [0, 0.05) is 18.0 Å². The highest BCUT2D eigenvalue weighted by atomic mass is 79.9. The molecule has 1 fully saturated rings. The summed E-state index contributed by atoms with van der Waals surface area (Å²) in [6.07, 6.45) is 2.51. The van der Waals surface area contributed by atoms with Gasteiger partial charge in [-0.25, -0.2) is 13.1 Å². The fraction of sp³-hybridized carbons (Fsp3) is 1.00. The number of halogens is 1. The molecule has 0 amide bonds. The number of rotatable bonds is 6. The lowest BCUT2D eigenvalue weighted by atomic mass is 10.3. The van der Waals surface area contributed by atoms with E-state index in [4.69, 9.17) is 4.74 Å². The molecule has 15 heavy (non-hydrogen) atoms. The van der Waals surface area contributed by atoms with Gasteiger partial charge in [0.1, 0.15) is 0 Å². The van der Waals surface area contributed by atoms with Crippen LogP contribution < -0.4 is 4.72 Å². The van der Waals surface area contributed by atoms with Crippen LogP contribution in [0.3, 0.4) is 0 Å². The lowest BCUT2D eigenvalue weighted by molar-refractivity contribution is 0.127. The number of ether oxygens (including phenoxy) is 1. The van der Waals surface area contributed by atoms with Crippen molar-refractivity contribution in [3.05, 3.63) is 0 Å². The maximum Gasteiger partial charge on any atom is 0.214 e. The van der Waals surface area contributed by atoms with E-state index in [1.807, 2.05) is 6.92 Å². The van der Waals surface area contributed by atoms with Crippen LogP contribution in [0.15, 0.2) is 0 Å². The van der Waals surface area contributed by atoms with Gasteiger partial charge in [0.25, 0.3) is 0 Å². The molecule has 1 aliphatic rings. The highest BCUT2D eigenvalue weighted by Crippen LogP contribution is 2.13. The summed E-state index contributed by atoms with van der Waals surface area (Å²) in [6.45, 7) is 2.56. The first-order valence-electron chi connectivity index (χ1n) is 5.21. The molecule has 4 nitrogen and oxygen atoms in total. The van der Waals surface area contributed by atoms with Crippen LogP contribution >= 0.6 is 15.9 Å². The summed E-state index contributed by atoms with van der Waals surface area (Å²) >= 11 is 3.29. The first kappa shape index (κ1) is 13.4. The summed E-state index contributed by atoms with van der Waals surface area (Å²) in [5.74, 6) is 0.0969. The maximum atomic E-state index is 11.7. The molecule has 1 saturated heterocycles. The van der Waals surface area contributed by atoms with E-state index in [1.54, 1.807) is 0 Å². The molecule has 2 atom stereocenters. The van der Waals surface area contributed by atoms with Crippen LogP contribution in [0.4, 0.5) is 0 Å². The fourth-order valence-corrected chi connectivity index (χ4v) is 3.86. The van der Waals surface area contributed by atoms with Crippen LogP contribution in [0.5, 0.6) is 0 Å². The minimum absolute atomic E-state index is 0.0178. The Balaban J connectivity index is 2.37. The van der Waals surface area contributed by atoms with Crippen molar-refractivity contribution in [3.63, 3.8) is 0 Å². The molecule has 1 rings (SSSR count). The van der Waals surface area contributed by atoms with Crippen molar-refractivity contribution in [2.45, 2.75) is 38.3 Å². The topological polar surface area (TPSA) is 55.4 Å². The van der Waals surface area contributed by atoms with Crippen molar-refractivity contribution >= 4 is 26.0 Å². The minimum atomic E-state index is -3.18. The normalized spacial score (nSPS) is 24.3. The van der Waals surface area contributed by atoms with Crippen molar-refractivity contribution in [2.24, 2.45) is 0 Å². The van der Waals surface area contributed by atoms with E-state index in [2.05, 4.69) is 20.7 Å². The van der Waals surface area contributed by atoms with Gasteiger partial charge in [0.05, 0.1) is 11.9 Å². The number of alkyl halides is 1. The van der Waals surface area contributed by atoms with Gasteiger partial charge >= 0.3 is 0 Å². The monoisotopic (exact) mass is 299 g/mol. The van der Waals surface area contributed by atoms with Gasteiger partial charge in [-0.1, -0.05) is 15.9 Å². The summed E-state index contributed by atoms with van der Waals surface area (Å²) in [5.41, 5.74) is 0. The molecule has 0 aliphatic carbocycles. The van der Waals surface area contributed by atoms with Gasteiger partial charge in [-0.15, -0.1) is 0 Å². The van der Waals surface area contributed by atoms with E-state index in [-0.39, 0.29) is 17.9 Å². The Hall–Kier alpha value is 0.350. The van der Waals surface area contributed by atoms with Crippen molar-refractivity contribution in [2.75, 3.05) is 17.7 Å². The molecule has 0 bridgehead atoms. The van der Waals surface area contributed by atoms with E-state index in [9.17, 15) is 8.42 Å². The van der Waals surface area contributed by atoms with Gasteiger partial charge < -0.3 is 4.74 Å². The predicted octanol–water partition coefficient (Wildman–Crippen LogP) is 1.26. The van der Waals surface area contributed by atoms with Crippen LogP contribution in [0, 0.1) is 0 Å². The largest absolute Gasteiger partial charge is 0.377 e. The summed E-state index contributed by atoms with van der Waals surface area (Å²) in [5, 5.41) is 0.802. The van der Waals surface area contributed by atoms with Gasteiger partial charge in [0.15, 0.2) is 0 Å². The van der Waals surface area contributed by atoms with Crippen molar-refractivity contribution < 1.29 is 13.2 Å². The Labute approximate surface area is 99.9 Å². The molecule has 1 heterocycles. The third kappa shape index (κ3) is 5.29. The second kappa shape index (κ2) is 6.18. The van der Waals surface area contributed by atoms with E-state index >= 15 is 0 Å². The molecule has 1 aliphatic heterocycles. The first-order chi connectivity index (χ1) is 7.03. The molecule has 90 valence electrons. The molecule has 6 heteroatoms. The summed E-state index contributed by atoms with van der Waals surface area (Å²) in [6, 6.07) is -0.0178. The zero-order valence-corrected chi connectivity index (χ0v) is 11.3. The fourth-order valence-electron chi connectivity index (χ4n) is 1.60. The quantitative estimate of drug-likeness (QED) is 0.751. The zero-order valence-electron chi connectivity index (χ0n) is 8.91. The molecule has 0 spiro atoms. The van der Waals surface area contributed by atoms with Crippen molar-refractivity contribution in [3.8, 4) is 0 Å². The first-order valence-corrected chi connectivity index (χ1v) is 7.98. The number of nitrogens with one attached hydrogen (secondary N) is 1. The lowest BCUT2D eigenvalue weighted by Crippen LogP contribution is -2.37. The maximum absolute atomic E-state index is 11.7. The van der Waals surface area contributed by atoms with Gasteiger partial charge in [0.2, 0.25) is 10.0 Å². The van der Waals surface area contributed by atoms with E-state index in [0.717, 1.165) is 24.6 Å². The average molecular weight is 300 g/mol. The van der Waals surface area contributed by atoms with E-state index in [1.165, 1.54) is 0 Å². The highest BCUT2D eigenvalue weighted by Gasteiger charge is 2.24. The van der Waals surface area contributed by atoms with E-state index in [0.29, 0.717) is 6.61 Å². The van der Waals surface area contributed by atoms with Crippen LogP contribution in [0.25, 0.3) is 0 Å². The highest BCUT2D eigenvalue weighted by molar-refractivity contribution is 9.09. The Morgan fingerprint density at radius 1 is 1.60 bits per heavy atom. The number of hydrogen-bond donors (Lipinski definition) is 1. The molecule has 0 radical (unpaired) electrons. The third-order valence-corrected chi connectivity index (χ3v) is 4.38. The molecule has 0 aromatic rings. The SMILES string of the molecule is CC(CCBr)NS(=O)(=O)CC1CCCO1. The van der Waals surface area contributed by atoms with Gasteiger partial charge in [-0.3, -0.25) is 0 Å². The molecule has 0 aromatic carbocycles. The van der Waals surface area contributed by atoms with Crippen LogP contribution in [0.1, 0.15) is 26.2 Å². The summed E-state index contributed by atoms with van der Waals surface area (Å²) in [4.78, 5) is 0. The molecule has 1 N–H and O–H groups in total. The molecule has 0 saturated carbocycles. The molecule has 2 unspecified atom stereocenters. The summed E-state index contributed by atoms with van der Waals surface area (Å²) < 4.78 is 31.3. The number of sulfonamides is 1. The average Bonchev–Trinajstić information content (AvgIpc) is 2.54. The Kier molecular flexibility index (Phi) is 5.52. The van der Waals surface area contributed by atoms with E-state index < -0.39 is 10.0 Å². The molecule has 0 aromatic heterocycles. The Morgan fingerprint density at radius 3 is 2.87 bits per heavy atom.